The lowest BCUT2D eigenvalue weighted by atomic mass is 10.0. The van der Waals surface area contributed by atoms with E-state index in [1.807, 2.05) is 4.90 Å². The van der Waals surface area contributed by atoms with E-state index in [-0.39, 0.29) is 11.4 Å². The lowest BCUT2D eigenvalue weighted by Gasteiger charge is -2.42. The summed E-state index contributed by atoms with van der Waals surface area (Å²) in [6, 6.07) is 0. The van der Waals surface area contributed by atoms with E-state index in [2.05, 4.69) is 19.2 Å². The van der Waals surface area contributed by atoms with E-state index in [0.717, 1.165) is 19.0 Å². The van der Waals surface area contributed by atoms with Crippen molar-refractivity contribution >= 4 is 5.91 Å². The van der Waals surface area contributed by atoms with Gasteiger partial charge in [-0.15, -0.1) is 0 Å². The molecule has 0 bridgehead atoms. The number of morpholine rings is 1. The summed E-state index contributed by atoms with van der Waals surface area (Å²) in [6.07, 6.45) is 2.65. The lowest BCUT2D eigenvalue weighted by molar-refractivity contribution is -0.145. The molecule has 0 aromatic carbocycles. The first kappa shape index (κ1) is 11.9. The van der Waals surface area contributed by atoms with Gasteiger partial charge in [0.2, 0.25) is 5.91 Å². The molecule has 16 heavy (non-hydrogen) atoms. The van der Waals surface area contributed by atoms with E-state index in [9.17, 15) is 4.79 Å². The Morgan fingerprint density at radius 1 is 1.50 bits per heavy atom. The van der Waals surface area contributed by atoms with Crippen LogP contribution in [-0.4, -0.2) is 49.2 Å². The monoisotopic (exact) mass is 226 g/mol. The van der Waals surface area contributed by atoms with Gasteiger partial charge in [0.15, 0.2) is 0 Å². The van der Waals surface area contributed by atoms with Gasteiger partial charge in [-0.2, -0.15) is 0 Å². The molecule has 4 heteroatoms. The van der Waals surface area contributed by atoms with Crippen LogP contribution in [0.3, 0.4) is 0 Å². The molecule has 0 radical (unpaired) electrons. The lowest BCUT2D eigenvalue weighted by Crippen LogP contribution is -2.57. The highest BCUT2D eigenvalue weighted by Crippen LogP contribution is 2.27. The Morgan fingerprint density at radius 2 is 2.25 bits per heavy atom. The number of carbonyl (C=O) groups excluding carboxylic acids is 1. The molecular weight excluding hydrogens is 204 g/mol. The van der Waals surface area contributed by atoms with Gasteiger partial charge in [-0.25, -0.2) is 0 Å². The smallest absolute Gasteiger partial charge is 0.237 e. The third kappa shape index (κ3) is 2.95. The largest absolute Gasteiger partial charge is 0.377 e. The summed E-state index contributed by atoms with van der Waals surface area (Å²) in [4.78, 5) is 14.0. The highest BCUT2D eigenvalue weighted by molar-refractivity contribution is 5.79. The zero-order valence-corrected chi connectivity index (χ0v) is 10.3. The van der Waals surface area contributed by atoms with Gasteiger partial charge in [-0.3, -0.25) is 4.79 Å². The third-order valence-electron chi connectivity index (χ3n) is 3.35. The van der Waals surface area contributed by atoms with Crippen LogP contribution in [-0.2, 0) is 9.53 Å². The minimum atomic E-state index is -0.156. The molecule has 4 nitrogen and oxygen atoms in total. The van der Waals surface area contributed by atoms with Crippen LogP contribution in [0.1, 0.15) is 26.7 Å². The SMILES string of the molecule is CC1(C)COCCN1C(=O)CNCC1CC1. The van der Waals surface area contributed by atoms with E-state index in [1.165, 1.54) is 12.8 Å². The maximum absolute atomic E-state index is 12.0. The second kappa shape index (κ2) is 4.72. The van der Waals surface area contributed by atoms with E-state index in [4.69, 9.17) is 4.74 Å². The highest BCUT2D eigenvalue weighted by atomic mass is 16.5. The maximum Gasteiger partial charge on any atom is 0.237 e. The molecule has 1 N–H and O–H groups in total. The minimum Gasteiger partial charge on any atom is -0.377 e. The number of nitrogens with zero attached hydrogens (tertiary/aromatic N) is 1. The van der Waals surface area contributed by atoms with Crippen molar-refractivity contribution in [3.63, 3.8) is 0 Å². The van der Waals surface area contributed by atoms with Crippen LogP contribution in [0.5, 0.6) is 0 Å². The van der Waals surface area contributed by atoms with E-state index in [1.54, 1.807) is 0 Å². The van der Waals surface area contributed by atoms with Gasteiger partial charge in [0, 0.05) is 6.54 Å². The van der Waals surface area contributed by atoms with Gasteiger partial charge in [-0.05, 0) is 39.2 Å². The fraction of sp³-hybridized carbons (Fsp3) is 0.917. The summed E-state index contributed by atoms with van der Waals surface area (Å²) >= 11 is 0. The molecule has 2 aliphatic rings. The Kier molecular flexibility index (Phi) is 3.50. The number of hydrogen-bond acceptors (Lipinski definition) is 3. The Morgan fingerprint density at radius 3 is 2.88 bits per heavy atom. The summed E-state index contributed by atoms with van der Waals surface area (Å²) in [7, 11) is 0. The van der Waals surface area contributed by atoms with E-state index >= 15 is 0 Å². The quantitative estimate of drug-likeness (QED) is 0.764. The molecule has 1 saturated carbocycles. The molecule has 0 aromatic rings. The fourth-order valence-electron chi connectivity index (χ4n) is 2.12. The van der Waals surface area contributed by atoms with E-state index in [0.29, 0.717) is 19.8 Å². The highest BCUT2D eigenvalue weighted by Gasteiger charge is 2.33. The first-order valence-electron chi connectivity index (χ1n) is 6.18. The van der Waals surface area contributed by atoms with Gasteiger partial charge >= 0.3 is 0 Å². The topological polar surface area (TPSA) is 41.6 Å². The molecule has 2 fully saturated rings. The number of carbonyl (C=O) groups is 1. The van der Waals surface area contributed by atoms with Crippen molar-refractivity contribution in [2.24, 2.45) is 5.92 Å². The zero-order valence-electron chi connectivity index (χ0n) is 10.3. The summed E-state index contributed by atoms with van der Waals surface area (Å²) in [6.45, 7) is 7.61. The molecule has 0 spiro atoms. The number of nitrogens with one attached hydrogen (secondary N) is 1. The van der Waals surface area contributed by atoms with Crippen LogP contribution < -0.4 is 5.32 Å². The summed E-state index contributed by atoms with van der Waals surface area (Å²) < 4.78 is 5.40. The minimum absolute atomic E-state index is 0.156. The molecule has 1 amide bonds. The van der Waals surface area contributed by atoms with Crippen molar-refractivity contribution in [1.82, 2.24) is 10.2 Å². The zero-order chi connectivity index (χ0) is 11.6. The molecule has 1 saturated heterocycles. The summed E-state index contributed by atoms with van der Waals surface area (Å²) in [5.41, 5.74) is -0.156. The normalized spacial score (nSPS) is 24.5. The Hall–Kier alpha value is -0.610. The van der Waals surface area contributed by atoms with Crippen LogP contribution >= 0.6 is 0 Å². The van der Waals surface area contributed by atoms with Crippen LogP contribution in [0.25, 0.3) is 0 Å². The number of rotatable bonds is 4. The van der Waals surface area contributed by atoms with E-state index < -0.39 is 0 Å². The number of amides is 1. The first-order valence-corrected chi connectivity index (χ1v) is 6.18. The average Bonchev–Trinajstić information content (AvgIpc) is 3.00. The van der Waals surface area contributed by atoms with Gasteiger partial charge in [0.25, 0.3) is 0 Å². The van der Waals surface area contributed by atoms with Gasteiger partial charge in [0.05, 0.1) is 25.3 Å². The van der Waals surface area contributed by atoms with Crippen molar-refractivity contribution in [3.8, 4) is 0 Å². The predicted octanol–water partition coefficient (Wildman–Crippen LogP) is 0.623. The second-order valence-electron chi connectivity index (χ2n) is 5.48. The van der Waals surface area contributed by atoms with Crippen LogP contribution in [0.2, 0.25) is 0 Å². The molecule has 0 unspecified atom stereocenters. The summed E-state index contributed by atoms with van der Waals surface area (Å²) in [5, 5.41) is 3.25. The van der Waals surface area contributed by atoms with Crippen molar-refractivity contribution in [1.29, 1.82) is 0 Å². The Labute approximate surface area is 97.3 Å². The standard InChI is InChI=1S/C12H22N2O2/c1-12(2)9-16-6-5-14(12)11(15)8-13-7-10-3-4-10/h10,13H,3-9H2,1-2H3. The molecule has 1 aliphatic heterocycles. The second-order valence-corrected chi connectivity index (χ2v) is 5.48. The molecule has 0 aromatic heterocycles. The molecule has 1 heterocycles. The predicted molar refractivity (Wildman–Crippen MR) is 62.2 cm³/mol. The number of ether oxygens (including phenoxy) is 1. The molecule has 92 valence electrons. The first-order chi connectivity index (χ1) is 7.59. The fourth-order valence-corrected chi connectivity index (χ4v) is 2.12. The summed E-state index contributed by atoms with van der Waals surface area (Å²) in [5.74, 6) is 1.03. The molecular formula is C12H22N2O2. The van der Waals surface area contributed by atoms with Crippen molar-refractivity contribution in [2.45, 2.75) is 32.2 Å². The van der Waals surface area contributed by atoms with Gasteiger partial charge < -0.3 is 15.0 Å². The van der Waals surface area contributed by atoms with Crippen molar-refractivity contribution in [3.05, 3.63) is 0 Å². The maximum atomic E-state index is 12.0. The van der Waals surface area contributed by atoms with Crippen molar-refractivity contribution in [2.75, 3.05) is 32.8 Å². The van der Waals surface area contributed by atoms with Crippen LogP contribution in [0.4, 0.5) is 0 Å². The van der Waals surface area contributed by atoms with Crippen molar-refractivity contribution < 1.29 is 9.53 Å². The van der Waals surface area contributed by atoms with Crippen LogP contribution in [0, 0.1) is 5.92 Å². The third-order valence-corrected chi connectivity index (χ3v) is 3.35. The van der Waals surface area contributed by atoms with Crippen LogP contribution in [0.15, 0.2) is 0 Å². The van der Waals surface area contributed by atoms with Gasteiger partial charge in [0.1, 0.15) is 0 Å². The molecule has 2 rings (SSSR count). The average molecular weight is 226 g/mol. The number of hydrogen-bond donors (Lipinski definition) is 1. The van der Waals surface area contributed by atoms with Gasteiger partial charge in [-0.1, -0.05) is 0 Å². The molecule has 0 atom stereocenters. The molecule has 1 aliphatic carbocycles. The Balaban J connectivity index is 1.77. The Bertz CT molecular complexity index is 262.